The number of nitrogens with two attached hydrogens (primary N) is 1. The van der Waals surface area contributed by atoms with Crippen molar-refractivity contribution in [2.24, 2.45) is 11.1 Å². The molecule has 1 amide bonds. The minimum atomic E-state index is -0.350. The molecule has 1 spiro atoms. The summed E-state index contributed by atoms with van der Waals surface area (Å²) in [6.45, 7) is 1.02. The highest BCUT2D eigenvalue weighted by atomic mass is 16.1. The Morgan fingerprint density at radius 3 is 2.86 bits per heavy atom. The molecule has 0 unspecified atom stereocenters. The largest absolute Gasteiger partial charge is 0.366 e. The number of carbonyl (C=O) groups excluding carboxylic acids is 1. The molecule has 0 bridgehead atoms. The number of amides is 1. The molecule has 72 valence electrons. The van der Waals surface area contributed by atoms with Gasteiger partial charge in [0.15, 0.2) is 0 Å². The molecule has 0 radical (unpaired) electrons. The van der Waals surface area contributed by atoms with Crippen molar-refractivity contribution < 1.29 is 4.79 Å². The fraction of sp³-hybridized carbons (Fsp3) is 0.364. The van der Waals surface area contributed by atoms with Gasteiger partial charge in [0.2, 0.25) is 5.91 Å². The van der Waals surface area contributed by atoms with Gasteiger partial charge in [-0.05, 0) is 25.0 Å². The maximum atomic E-state index is 11.0. The minimum absolute atomic E-state index is 0.350. The van der Waals surface area contributed by atoms with Gasteiger partial charge in [-0.2, -0.15) is 0 Å². The molecule has 3 rings (SSSR count). The molecule has 0 aromatic carbocycles. The van der Waals surface area contributed by atoms with Crippen LogP contribution in [0.1, 0.15) is 12.8 Å². The van der Waals surface area contributed by atoms with Crippen molar-refractivity contribution in [1.82, 2.24) is 4.90 Å². The summed E-state index contributed by atoms with van der Waals surface area (Å²) < 4.78 is 0. The SMILES string of the molecule is NC(=O)C1=CN2CC3(C=C2C=C1)CC3. The molecule has 1 saturated carbocycles. The molecule has 0 saturated heterocycles. The standard InChI is InChI=1S/C11H12N2O/c12-10(14)8-1-2-9-5-11(3-4-11)7-13(9)6-8/h1-2,5-6H,3-4,7H2,(H2,12,14). The van der Waals surface area contributed by atoms with Crippen molar-refractivity contribution in [3.8, 4) is 0 Å². The van der Waals surface area contributed by atoms with Crippen molar-refractivity contribution in [2.75, 3.05) is 6.54 Å². The van der Waals surface area contributed by atoms with Crippen molar-refractivity contribution in [1.29, 1.82) is 0 Å². The Balaban J connectivity index is 1.93. The quantitative estimate of drug-likeness (QED) is 0.664. The number of hydrogen-bond acceptors (Lipinski definition) is 2. The van der Waals surface area contributed by atoms with Crippen LogP contribution in [0.15, 0.2) is 35.7 Å². The molecule has 3 nitrogen and oxygen atoms in total. The molecular formula is C11H12N2O. The molecule has 0 aromatic rings. The number of nitrogens with zero attached hydrogens (tertiary/aromatic N) is 1. The smallest absolute Gasteiger partial charge is 0.250 e. The Morgan fingerprint density at radius 1 is 1.43 bits per heavy atom. The monoisotopic (exact) mass is 188 g/mol. The average molecular weight is 188 g/mol. The Labute approximate surface area is 82.6 Å². The van der Waals surface area contributed by atoms with Gasteiger partial charge < -0.3 is 10.6 Å². The third kappa shape index (κ3) is 1.02. The van der Waals surface area contributed by atoms with Gasteiger partial charge in [0, 0.05) is 23.9 Å². The summed E-state index contributed by atoms with van der Waals surface area (Å²) in [6.07, 6.45) is 10.5. The summed E-state index contributed by atoms with van der Waals surface area (Å²) >= 11 is 0. The van der Waals surface area contributed by atoms with E-state index >= 15 is 0 Å². The first-order valence-electron chi connectivity index (χ1n) is 4.88. The van der Waals surface area contributed by atoms with Gasteiger partial charge in [-0.25, -0.2) is 0 Å². The van der Waals surface area contributed by atoms with Crippen LogP contribution >= 0.6 is 0 Å². The van der Waals surface area contributed by atoms with Crippen LogP contribution in [0.3, 0.4) is 0 Å². The zero-order valence-corrected chi connectivity index (χ0v) is 7.86. The van der Waals surface area contributed by atoms with E-state index < -0.39 is 0 Å². The third-order valence-corrected chi connectivity index (χ3v) is 3.18. The van der Waals surface area contributed by atoms with Gasteiger partial charge in [0.1, 0.15) is 0 Å². The van der Waals surface area contributed by atoms with Gasteiger partial charge >= 0.3 is 0 Å². The predicted octanol–water partition coefficient (Wildman–Crippen LogP) is 0.905. The van der Waals surface area contributed by atoms with E-state index in [9.17, 15) is 4.79 Å². The van der Waals surface area contributed by atoms with E-state index in [0.717, 1.165) is 6.54 Å². The lowest BCUT2D eigenvalue weighted by atomic mass is 10.1. The Kier molecular flexibility index (Phi) is 1.29. The van der Waals surface area contributed by atoms with Gasteiger partial charge in [-0.3, -0.25) is 4.79 Å². The lowest BCUT2D eigenvalue weighted by molar-refractivity contribution is -0.114. The van der Waals surface area contributed by atoms with Gasteiger partial charge in [0.25, 0.3) is 0 Å². The second kappa shape index (κ2) is 2.29. The highest BCUT2D eigenvalue weighted by Gasteiger charge is 2.46. The molecule has 1 aliphatic carbocycles. The zero-order chi connectivity index (χ0) is 9.76. The lowest BCUT2D eigenvalue weighted by Crippen LogP contribution is -2.22. The maximum Gasteiger partial charge on any atom is 0.250 e. The number of rotatable bonds is 1. The lowest BCUT2D eigenvalue weighted by Gasteiger charge is -2.20. The summed E-state index contributed by atoms with van der Waals surface area (Å²) in [6, 6.07) is 0. The fourth-order valence-electron chi connectivity index (χ4n) is 2.13. The van der Waals surface area contributed by atoms with E-state index in [1.807, 2.05) is 12.3 Å². The van der Waals surface area contributed by atoms with Crippen LogP contribution < -0.4 is 5.73 Å². The summed E-state index contributed by atoms with van der Waals surface area (Å²) in [5.74, 6) is -0.350. The molecule has 2 aliphatic heterocycles. The molecule has 1 fully saturated rings. The van der Waals surface area contributed by atoms with Crippen molar-refractivity contribution in [3.05, 3.63) is 35.7 Å². The summed E-state index contributed by atoms with van der Waals surface area (Å²) in [4.78, 5) is 13.1. The van der Waals surface area contributed by atoms with E-state index in [4.69, 9.17) is 5.73 Å². The number of carbonyl (C=O) groups is 1. The number of primary amides is 1. The Morgan fingerprint density at radius 2 is 2.21 bits per heavy atom. The first-order chi connectivity index (χ1) is 6.69. The first-order valence-corrected chi connectivity index (χ1v) is 4.88. The predicted molar refractivity (Wildman–Crippen MR) is 52.9 cm³/mol. The van der Waals surface area contributed by atoms with Crippen LogP contribution in [0.4, 0.5) is 0 Å². The average Bonchev–Trinajstić information content (AvgIpc) is 2.79. The van der Waals surface area contributed by atoms with E-state index in [1.54, 1.807) is 6.08 Å². The van der Waals surface area contributed by atoms with E-state index in [1.165, 1.54) is 18.5 Å². The molecule has 0 aromatic heterocycles. The summed E-state index contributed by atoms with van der Waals surface area (Å²) in [7, 11) is 0. The number of hydrogen-bond donors (Lipinski definition) is 1. The van der Waals surface area contributed by atoms with Gasteiger partial charge in [-0.15, -0.1) is 0 Å². The van der Waals surface area contributed by atoms with Crippen molar-refractivity contribution >= 4 is 5.91 Å². The maximum absolute atomic E-state index is 11.0. The molecule has 3 heteroatoms. The molecule has 3 aliphatic rings. The topological polar surface area (TPSA) is 46.3 Å². The van der Waals surface area contributed by atoms with Crippen LogP contribution in [-0.4, -0.2) is 17.4 Å². The van der Waals surface area contributed by atoms with Crippen LogP contribution in [0.2, 0.25) is 0 Å². The van der Waals surface area contributed by atoms with E-state index in [-0.39, 0.29) is 5.91 Å². The number of allylic oxidation sites excluding steroid dienone is 1. The van der Waals surface area contributed by atoms with Crippen molar-refractivity contribution in [3.63, 3.8) is 0 Å². The molecule has 14 heavy (non-hydrogen) atoms. The summed E-state index contributed by atoms with van der Waals surface area (Å²) in [5.41, 5.74) is 7.46. The molecule has 0 atom stereocenters. The van der Waals surface area contributed by atoms with E-state index in [0.29, 0.717) is 11.0 Å². The number of fused-ring (bicyclic) bond motifs is 1. The molecule has 2 N–H and O–H groups in total. The minimum Gasteiger partial charge on any atom is -0.366 e. The Hall–Kier alpha value is -1.51. The van der Waals surface area contributed by atoms with Gasteiger partial charge in [-0.1, -0.05) is 6.08 Å². The first kappa shape index (κ1) is 7.85. The van der Waals surface area contributed by atoms with Crippen LogP contribution in [0, 0.1) is 5.41 Å². The summed E-state index contributed by atoms with van der Waals surface area (Å²) in [5, 5.41) is 0. The van der Waals surface area contributed by atoms with Gasteiger partial charge in [0.05, 0.1) is 5.57 Å². The molecular weight excluding hydrogens is 176 g/mol. The molecule has 2 heterocycles. The normalized spacial score (nSPS) is 25.9. The highest BCUT2D eigenvalue weighted by Crippen LogP contribution is 2.53. The zero-order valence-electron chi connectivity index (χ0n) is 7.86. The van der Waals surface area contributed by atoms with Crippen LogP contribution in [0.25, 0.3) is 0 Å². The second-order valence-corrected chi connectivity index (χ2v) is 4.34. The van der Waals surface area contributed by atoms with Crippen LogP contribution in [0.5, 0.6) is 0 Å². The van der Waals surface area contributed by atoms with Crippen molar-refractivity contribution in [2.45, 2.75) is 12.8 Å². The highest BCUT2D eigenvalue weighted by molar-refractivity contribution is 5.95. The Bertz CT molecular complexity index is 400. The van der Waals surface area contributed by atoms with Crippen LogP contribution in [-0.2, 0) is 4.79 Å². The third-order valence-electron chi connectivity index (χ3n) is 3.18. The second-order valence-electron chi connectivity index (χ2n) is 4.34. The van der Waals surface area contributed by atoms with E-state index in [2.05, 4.69) is 11.0 Å². The fourth-order valence-corrected chi connectivity index (χ4v) is 2.13.